The monoisotopic (exact) mass is 164 g/mol. The van der Waals surface area contributed by atoms with E-state index in [0.717, 1.165) is 0 Å². The van der Waals surface area contributed by atoms with Gasteiger partial charge in [-0.05, 0) is 17.9 Å². The van der Waals surface area contributed by atoms with E-state index in [0.29, 0.717) is 5.92 Å². The fourth-order valence-electron chi connectivity index (χ4n) is 1.02. The van der Waals surface area contributed by atoms with E-state index in [1.54, 1.807) is 0 Å². The highest BCUT2D eigenvalue weighted by atomic mass is 14.0. The van der Waals surface area contributed by atoms with Crippen molar-refractivity contribution in [1.29, 1.82) is 0 Å². The van der Waals surface area contributed by atoms with Crippen molar-refractivity contribution in [1.82, 2.24) is 0 Å². The maximum Gasteiger partial charge on any atom is -0.0193 e. The zero-order valence-electron chi connectivity index (χ0n) is 8.67. The fourth-order valence-corrected chi connectivity index (χ4v) is 1.02. The molecule has 1 atom stereocenters. The van der Waals surface area contributed by atoms with Gasteiger partial charge in [0.05, 0.1) is 0 Å². The molecule has 0 spiro atoms. The van der Waals surface area contributed by atoms with E-state index in [1.807, 2.05) is 13.8 Å². The molecule has 0 fully saturated rings. The summed E-state index contributed by atoms with van der Waals surface area (Å²) >= 11 is 0. The van der Waals surface area contributed by atoms with Crippen LogP contribution in [-0.2, 0) is 0 Å². The second kappa shape index (κ2) is 6.90. The maximum atomic E-state index is 2.26. The van der Waals surface area contributed by atoms with Gasteiger partial charge in [0.25, 0.3) is 0 Å². The van der Waals surface area contributed by atoms with Crippen LogP contribution in [0.1, 0.15) is 45.6 Å². The zero-order valence-corrected chi connectivity index (χ0v) is 8.67. The third kappa shape index (κ3) is 3.56. The Morgan fingerprint density at radius 1 is 1.08 bits per heavy atom. The summed E-state index contributed by atoms with van der Waals surface area (Å²) in [5, 5.41) is 0. The minimum atomic E-state index is 0.709. The molecule has 1 aromatic carbocycles. The molecule has 0 bridgehead atoms. The second-order valence-corrected chi connectivity index (χ2v) is 2.72. The van der Waals surface area contributed by atoms with E-state index in [9.17, 15) is 0 Å². The summed E-state index contributed by atoms with van der Waals surface area (Å²) in [6.07, 6.45) is 1.23. The lowest BCUT2D eigenvalue weighted by Gasteiger charge is -2.06. The first-order chi connectivity index (χ1) is 5.84. The quantitative estimate of drug-likeness (QED) is 0.613. The molecule has 0 aliphatic rings. The first-order valence-corrected chi connectivity index (χ1v) is 4.89. The lowest BCUT2D eigenvalue weighted by Crippen LogP contribution is -1.88. The summed E-state index contributed by atoms with van der Waals surface area (Å²) in [5.41, 5.74) is 1.45. The van der Waals surface area contributed by atoms with Gasteiger partial charge in [0, 0.05) is 0 Å². The summed E-state index contributed by atoms with van der Waals surface area (Å²) in [5.74, 6) is 0.709. The smallest absolute Gasteiger partial charge is 0.0193 e. The van der Waals surface area contributed by atoms with Crippen molar-refractivity contribution in [2.45, 2.75) is 40.0 Å². The van der Waals surface area contributed by atoms with Crippen molar-refractivity contribution >= 4 is 0 Å². The highest BCUT2D eigenvalue weighted by Gasteiger charge is 1.98. The zero-order chi connectivity index (χ0) is 9.40. The van der Waals surface area contributed by atoms with E-state index in [4.69, 9.17) is 0 Å². The van der Waals surface area contributed by atoms with Gasteiger partial charge in [-0.25, -0.2) is 0 Å². The van der Waals surface area contributed by atoms with Gasteiger partial charge in [-0.1, -0.05) is 58.0 Å². The molecule has 0 amide bonds. The molecular weight excluding hydrogens is 144 g/mol. The first-order valence-electron chi connectivity index (χ1n) is 4.89. The molecule has 0 heterocycles. The van der Waals surface area contributed by atoms with Crippen LogP contribution in [0.3, 0.4) is 0 Å². The Labute approximate surface area is 76.6 Å². The molecule has 0 heteroatoms. The minimum absolute atomic E-state index is 0.709. The molecule has 0 saturated heterocycles. The average molecular weight is 164 g/mol. The Morgan fingerprint density at radius 3 is 2.00 bits per heavy atom. The Morgan fingerprint density at radius 2 is 1.58 bits per heavy atom. The minimum Gasteiger partial charge on any atom is -0.0683 e. The Bertz CT molecular complexity index is 176. The molecule has 0 saturated carbocycles. The highest BCUT2D eigenvalue weighted by molar-refractivity contribution is 5.18. The molecule has 1 rings (SSSR count). The van der Waals surface area contributed by atoms with Gasteiger partial charge in [0.2, 0.25) is 0 Å². The standard InChI is InChI=1S/C10H14.C2H6/c1-3-9(2)10-7-5-4-6-8-10;1-2/h4-9H,3H2,1-2H3;1-2H3/t9-;/m0./s1. The van der Waals surface area contributed by atoms with Crippen molar-refractivity contribution in [2.24, 2.45) is 0 Å². The molecule has 0 aromatic heterocycles. The Hall–Kier alpha value is -0.780. The largest absolute Gasteiger partial charge is 0.0683 e. The normalized spacial score (nSPS) is 11.3. The van der Waals surface area contributed by atoms with E-state index in [1.165, 1.54) is 12.0 Å². The molecule has 1 aromatic rings. The van der Waals surface area contributed by atoms with Crippen molar-refractivity contribution in [2.75, 3.05) is 0 Å². The molecule has 0 unspecified atom stereocenters. The third-order valence-electron chi connectivity index (χ3n) is 1.98. The predicted molar refractivity (Wildman–Crippen MR) is 56.5 cm³/mol. The van der Waals surface area contributed by atoms with E-state index >= 15 is 0 Å². The van der Waals surface area contributed by atoms with Gasteiger partial charge in [-0.3, -0.25) is 0 Å². The summed E-state index contributed by atoms with van der Waals surface area (Å²) < 4.78 is 0. The molecule has 0 aliphatic carbocycles. The van der Waals surface area contributed by atoms with Gasteiger partial charge in [0.1, 0.15) is 0 Å². The van der Waals surface area contributed by atoms with Crippen molar-refractivity contribution in [3.63, 3.8) is 0 Å². The Balaban J connectivity index is 0.000000561. The topological polar surface area (TPSA) is 0 Å². The van der Waals surface area contributed by atoms with Gasteiger partial charge < -0.3 is 0 Å². The van der Waals surface area contributed by atoms with Gasteiger partial charge in [0.15, 0.2) is 0 Å². The molecular formula is C12H20. The van der Waals surface area contributed by atoms with Crippen molar-refractivity contribution in [3.8, 4) is 0 Å². The van der Waals surface area contributed by atoms with Crippen LogP contribution in [0.5, 0.6) is 0 Å². The summed E-state index contributed by atoms with van der Waals surface area (Å²) in [6.45, 7) is 8.48. The van der Waals surface area contributed by atoms with Crippen LogP contribution in [0.4, 0.5) is 0 Å². The SMILES string of the molecule is CC.CC[C@H](C)c1ccccc1. The molecule has 0 N–H and O–H groups in total. The fraction of sp³-hybridized carbons (Fsp3) is 0.500. The van der Waals surface area contributed by atoms with Gasteiger partial charge >= 0.3 is 0 Å². The van der Waals surface area contributed by atoms with Crippen LogP contribution >= 0.6 is 0 Å². The number of benzene rings is 1. The van der Waals surface area contributed by atoms with E-state index in [2.05, 4.69) is 44.2 Å². The third-order valence-corrected chi connectivity index (χ3v) is 1.98. The second-order valence-electron chi connectivity index (χ2n) is 2.72. The predicted octanol–water partition coefficient (Wildman–Crippen LogP) is 4.23. The van der Waals surface area contributed by atoms with Crippen LogP contribution in [0.25, 0.3) is 0 Å². The number of hydrogen-bond donors (Lipinski definition) is 0. The molecule has 0 aliphatic heterocycles. The molecule has 0 radical (unpaired) electrons. The molecule has 68 valence electrons. The van der Waals surface area contributed by atoms with Crippen LogP contribution in [0.2, 0.25) is 0 Å². The van der Waals surface area contributed by atoms with Crippen LogP contribution in [-0.4, -0.2) is 0 Å². The summed E-state index contributed by atoms with van der Waals surface area (Å²) in [6, 6.07) is 10.6. The van der Waals surface area contributed by atoms with Crippen molar-refractivity contribution in [3.05, 3.63) is 35.9 Å². The Kier molecular flexibility index (Phi) is 6.45. The maximum absolute atomic E-state index is 2.26. The van der Waals surface area contributed by atoms with Gasteiger partial charge in [-0.15, -0.1) is 0 Å². The molecule has 12 heavy (non-hydrogen) atoms. The van der Waals surface area contributed by atoms with Crippen LogP contribution < -0.4 is 0 Å². The highest BCUT2D eigenvalue weighted by Crippen LogP contribution is 2.16. The molecule has 0 nitrogen and oxygen atoms in total. The van der Waals surface area contributed by atoms with Gasteiger partial charge in [-0.2, -0.15) is 0 Å². The average Bonchev–Trinajstić information content (AvgIpc) is 2.21. The van der Waals surface area contributed by atoms with Crippen LogP contribution in [0, 0.1) is 0 Å². The van der Waals surface area contributed by atoms with E-state index in [-0.39, 0.29) is 0 Å². The lowest BCUT2D eigenvalue weighted by molar-refractivity contribution is 0.733. The van der Waals surface area contributed by atoms with Crippen molar-refractivity contribution < 1.29 is 0 Å². The first kappa shape index (κ1) is 11.2. The number of hydrogen-bond acceptors (Lipinski definition) is 0. The lowest BCUT2D eigenvalue weighted by atomic mass is 9.99. The summed E-state index contributed by atoms with van der Waals surface area (Å²) in [7, 11) is 0. The van der Waals surface area contributed by atoms with Crippen LogP contribution in [0.15, 0.2) is 30.3 Å². The summed E-state index contributed by atoms with van der Waals surface area (Å²) in [4.78, 5) is 0. The number of rotatable bonds is 2. The van der Waals surface area contributed by atoms with E-state index < -0.39 is 0 Å².